The molecule has 4 rings (SSSR count). The SMILES string of the molecule is Cc1cccc(N(C(=O)c2snc(C(N)=O)c2N)[C@@H](C(=O)NC2CCCCC2)c2ccc(O)cc2)c1. The van der Waals surface area contributed by atoms with Crippen LogP contribution in [-0.2, 0) is 4.79 Å². The number of nitrogens with zero attached hydrogens (tertiary/aromatic N) is 2. The third kappa shape index (κ3) is 5.33. The topological polar surface area (TPSA) is 152 Å². The summed E-state index contributed by atoms with van der Waals surface area (Å²) in [6.45, 7) is 1.88. The zero-order valence-corrected chi connectivity index (χ0v) is 20.8. The lowest BCUT2D eigenvalue weighted by Gasteiger charge is -2.33. The minimum Gasteiger partial charge on any atom is -0.508 e. The van der Waals surface area contributed by atoms with Crippen molar-refractivity contribution >= 4 is 40.6 Å². The van der Waals surface area contributed by atoms with Crippen LogP contribution >= 0.6 is 11.5 Å². The first-order valence-electron chi connectivity index (χ1n) is 11.8. The number of aryl methyl sites for hydroxylation is 1. The molecule has 3 aromatic rings. The summed E-state index contributed by atoms with van der Waals surface area (Å²) in [5.41, 5.74) is 13.0. The summed E-state index contributed by atoms with van der Waals surface area (Å²) in [5, 5.41) is 13.0. The van der Waals surface area contributed by atoms with E-state index in [2.05, 4.69) is 9.69 Å². The van der Waals surface area contributed by atoms with Crippen molar-refractivity contribution in [3.63, 3.8) is 0 Å². The first-order chi connectivity index (χ1) is 17.3. The molecule has 1 aliphatic carbocycles. The van der Waals surface area contributed by atoms with Crippen LogP contribution in [0.1, 0.15) is 69.4 Å². The number of rotatable bonds is 7. The number of phenolic OH excluding ortho intramolecular Hbond substituents is 1. The average molecular weight is 508 g/mol. The molecule has 36 heavy (non-hydrogen) atoms. The summed E-state index contributed by atoms with van der Waals surface area (Å²) >= 11 is 0.763. The van der Waals surface area contributed by atoms with Crippen LogP contribution in [0.15, 0.2) is 48.5 Å². The van der Waals surface area contributed by atoms with Crippen LogP contribution < -0.4 is 21.7 Å². The van der Waals surface area contributed by atoms with E-state index >= 15 is 0 Å². The zero-order chi connectivity index (χ0) is 25.8. The van der Waals surface area contributed by atoms with Crippen molar-refractivity contribution < 1.29 is 19.5 Å². The molecule has 10 heteroatoms. The number of hydrogen-bond donors (Lipinski definition) is 4. The summed E-state index contributed by atoms with van der Waals surface area (Å²) in [6, 6.07) is 12.3. The van der Waals surface area contributed by atoms with Crippen LogP contribution in [0.5, 0.6) is 5.75 Å². The maximum atomic E-state index is 14.0. The third-order valence-corrected chi connectivity index (χ3v) is 7.17. The molecular formula is C26H29N5O4S. The van der Waals surface area contributed by atoms with Gasteiger partial charge in [0.15, 0.2) is 5.69 Å². The van der Waals surface area contributed by atoms with Gasteiger partial charge in [-0.2, -0.15) is 4.37 Å². The molecule has 0 aliphatic heterocycles. The van der Waals surface area contributed by atoms with Crippen molar-refractivity contribution in [2.24, 2.45) is 5.73 Å². The highest BCUT2D eigenvalue weighted by Crippen LogP contribution is 2.34. The van der Waals surface area contributed by atoms with Crippen molar-refractivity contribution in [2.45, 2.75) is 51.1 Å². The monoisotopic (exact) mass is 507 g/mol. The van der Waals surface area contributed by atoms with Crippen molar-refractivity contribution in [3.05, 3.63) is 70.2 Å². The standard InChI is InChI=1S/C26H29N5O4S/c1-15-6-5-9-18(14-15)31(26(35)23-20(27)21(24(28)33)30-36-23)22(16-10-12-19(32)13-11-16)25(34)29-17-7-3-2-4-8-17/h5-6,9-14,17,22,32H,2-4,7-8,27H2,1H3,(H2,28,33)(H,29,34)/t22-/m1/s1. The molecule has 1 atom stereocenters. The molecule has 0 saturated heterocycles. The molecule has 188 valence electrons. The van der Waals surface area contributed by atoms with Gasteiger partial charge >= 0.3 is 0 Å². The molecule has 1 fully saturated rings. The number of carbonyl (C=O) groups is 3. The Balaban J connectivity index is 1.84. The van der Waals surface area contributed by atoms with E-state index in [1.807, 2.05) is 13.0 Å². The van der Waals surface area contributed by atoms with Crippen LogP contribution in [0.2, 0.25) is 0 Å². The fourth-order valence-corrected chi connectivity index (χ4v) is 5.24. The first-order valence-corrected chi connectivity index (χ1v) is 12.6. The number of primary amides is 1. The maximum absolute atomic E-state index is 14.0. The minimum atomic E-state index is -1.07. The molecule has 0 unspecified atom stereocenters. The molecule has 0 radical (unpaired) electrons. The Morgan fingerprint density at radius 1 is 1.11 bits per heavy atom. The normalized spacial score (nSPS) is 14.7. The predicted molar refractivity (Wildman–Crippen MR) is 139 cm³/mol. The fraction of sp³-hybridized carbons (Fsp3) is 0.308. The number of aromatic hydroxyl groups is 1. The fourth-order valence-electron chi connectivity index (χ4n) is 4.50. The summed E-state index contributed by atoms with van der Waals surface area (Å²) < 4.78 is 3.97. The molecule has 1 aromatic heterocycles. The van der Waals surface area contributed by atoms with E-state index in [0.717, 1.165) is 49.2 Å². The predicted octanol–water partition coefficient (Wildman–Crippen LogP) is 3.68. The Morgan fingerprint density at radius 3 is 2.42 bits per heavy atom. The number of hydrogen-bond acceptors (Lipinski definition) is 7. The lowest BCUT2D eigenvalue weighted by molar-refractivity contribution is -0.123. The highest BCUT2D eigenvalue weighted by atomic mass is 32.1. The number of amides is 3. The number of phenols is 1. The van der Waals surface area contributed by atoms with E-state index < -0.39 is 17.9 Å². The molecule has 0 bridgehead atoms. The molecule has 6 N–H and O–H groups in total. The molecule has 9 nitrogen and oxygen atoms in total. The average Bonchev–Trinajstić information content (AvgIpc) is 3.25. The highest BCUT2D eigenvalue weighted by Gasteiger charge is 2.37. The number of nitrogen functional groups attached to an aromatic ring is 1. The van der Waals surface area contributed by atoms with E-state index in [4.69, 9.17) is 11.5 Å². The maximum Gasteiger partial charge on any atom is 0.273 e. The lowest BCUT2D eigenvalue weighted by atomic mass is 9.94. The summed E-state index contributed by atoms with van der Waals surface area (Å²) in [5.74, 6) is -1.73. The van der Waals surface area contributed by atoms with Gasteiger partial charge in [-0.15, -0.1) is 0 Å². The van der Waals surface area contributed by atoms with E-state index in [0.29, 0.717) is 11.3 Å². The second kappa shape index (κ2) is 10.8. The third-order valence-electron chi connectivity index (χ3n) is 6.32. The number of carbonyl (C=O) groups excluding carboxylic acids is 3. The van der Waals surface area contributed by atoms with Crippen LogP contribution in [0.4, 0.5) is 11.4 Å². The van der Waals surface area contributed by atoms with E-state index in [1.54, 1.807) is 30.3 Å². The van der Waals surface area contributed by atoms with Gasteiger partial charge in [0.25, 0.3) is 11.8 Å². The van der Waals surface area contributed by atoms with Crippen molar-refractivity contribution in [2.75, 3.05) is 10.6 Å². The van der Waals surface area contributed by atoms with Gasteiger partial charge < -0.3 is 21.9 Å². The Labute approximate surface area is 213 Å². The molecule has 0 spiro atoms. The zero-order valence-electron chi connectivity index (χ0n) is 19.9. The van der Waals surface area contributed by atoms with Gasteiger partial charge in [0.2, 0.25) is 5.91 Å². The largest absolute Gasteiger partial charge is 0.508 e. The molecule has 1 aliphatic rings. The van der Waals surface area contributed by atoms with Gasteiger partial charge in [-0.3, -0.25) is 19.3 Å². The lowest BCUT2D eigenvalue weighted by Crippen LogP contribution is -2.47. The second-order valence-corrected chi connectivity index (χ2v) is 9.76. The number of benzene rings is 2. The highest BCUT2D eigenvalue weighted by molar-refractivity contribution is 7.09. The Kier molecular flexibility index (Phi) is 7.54. The van der Waals surface area contributed by atoms with E-state index in [-0.39, 0.29) is 34.0 Å². The van der Waals surface area contributed by atoms with Gasteiger partial charge in [-0.05, 0) is 66.7 Å². The summed E-state index contributed by atoms with van der Waals surface area (Å²) in [7, 11) is 0. The summed E-state index contributed by atoms with van der Waals surface area (Å²) in [6.07, 6.45) is 4.94. The van der Waals surface area contributed by atoms with Crippen LogP contribution in [0.3, 0.4) is 0 Å². The van der Waals surface area contributed by atoms with Crippen LogP contribution in [0.25, 0.3) is 0 Å². The van der Waals surface area contributed by atoms with Crippen molar-refractivity contribution in [1.29, 1.82) is 0 Å². The van der Waals surface area contributed by atoms with Gasteiger partial charge in [-0.25, -0.2) is 0 Å². The Morgan fingerprint density at radius 2 is 1.81 bits per heavy atom. The first kappa shape index (κ1) is 25.2. The molecule has 1 saturated carbocycles. The van der Waals surface area contributed by atoms with Gasteiger partial charge in [0.05, 0.1) is 5.69 Å². The number of anilines is 2. The number of aromatic nitrogens is 1. The molecule has 2 aromatic carbocycles. The molecule has 1 heterocycles. The second-order valence-electron chi connectivity index (χ2n) is 8.99. The van der Waals surface area contributed by atoms with Crippen LogP contribution in [-0.4, -0.2) is 33.2 Å². The van der Waals surface area contributed by atoms with Gasteiger partial charge in [0.1, 0.15) is 16.7 Å². The van der Waals surface area contributed by atoms with E-state index in [1.165, 1.54) is 17.0 Å². The quantitative estimate of drug-likeness (QED) is 0.383. The molecular weight excluding hydrogens is 478 g/mol. The Hall–Kier alpha value is -3.92. The van der Waals surface area contributed by atoms with Crippen molar-refractivity contribution in [1.82, 2.24) is 9.69 Å². The van der Waals surface area contributed by atoms with E-state index in [9.17, 15) is 19.5 Å². The number of nitrogens with one attached hydrogen (secondary N) is 1. The van der Waals surface area contributed by atoms with Gasteiger partial charge in [-0.1, -0.05) is 43.5 Å². The minimum absolute atomic E-state index is 0.00950. The number of nitrogens with two attached hydrogens (primary N) is 2. The summed E-state index contributed by atoms with van der Waals surface area (Å²) in [4.78, 5) is 41.0. The van der Waals surface area contributed by atoms with Gasteiger partial charge in [0, 0.05) is 11.7 Å². The smallest absolute Gasteiger partial charge is 0.273 e. The van der Waals surface area contributed by atoms with Crippen LogP contribution in [0, 0.1) is 6.92 Å². The van der Waals surface area contributed by atoms with Crippen molar-refractivity contribution in [3.8, 4) is 5.75 Å². The Bertz CT molecular complexity index is 1270. The molecule has 3 amide bonds.